The van der Waals surface area contributed by atoms with Gasteiger partial charge in [-0.25, -0.2) is 4.98 Å². The van der Waals surface area contributed by atoms with Crippen LogP contribution in [-0.2, 0) is 6.54 Å². The van der Waals surface area contributed by atoms with Crippen LogP contribution in [0.15, 0.2) is 78.9 Å². The lowest BCUT2D eigenvalue weighted by Crippen LogP contribution is -2.40. The van der Waals surface area contributed by atoms with E-state index in [2.05, 4.69) is 48.7 Å². The first-order valence-corrected chi connectivity index (χ1v) is 12.1. The number of carbonyl (C=O) groups excluding carboxylic acids is 1. The molecule has 3 aromatic carbocycles. The number of aromatic nitrogens is 2. The summed E-state index contributed by atoms with van der Waals surface area (Å²) in [5, 5.41) is 0. The third kappa shape index (κ3) is 5.05. The molecule has 1 amide bonds. The molecule has 0 unspecified atom stereocenters. The topological polar surface area (TPSA) is 64.2 Å². The van der Waals surface area contributed by atoms with Crippen molar-refractivity contribution < 1.29 is 4.79 Å². The minimum atomic E-state index is -0.184. The molecular weight excluding hydrogens is 420 g/mol. The minimum Gasteiger partial charge on any atom is -0.330 e. The predicted octanol–water partition coefficient (Wildman–Crippen LogP) is 5.58. The van der Waals surface area contributed by atoms with Crippen molar-refractivity contribution in [1.29, 1.82) is 0 Å². The highest BCUT2D eigenvalue weighted by Gasteiger charge is 2.32. The van der Waals surface area contributed by atoms with Crippen molar-refractivity contribution in [1.82, 2.24) is 14.5 Å². The van der Waals surface area contributed by atoms with Crippen molar-refractivity contribution in [2.24, 2.45) is 11.7 Å². The standard InChI is InChI=1S/C29H34N4O/c1-21(2)27(32(19-9-18-30)29(34)24-16-14-22(3)15-17-24)28-31-25-12-7-8-13-26(25)33(28)20-23-10-5-4-6-11-23/h4-8,10-17,21,27H,9,18-20,30H2,1-3H3/t27-/m0/s1. The average Bonchev–Trinajstić information content (AvgIpc) is 3.19. The summed E-state index contributed by atoms with van der Waals surface area (Å²) in [6, 6.07) is 26.2. The summed E-state index contributed by atoms with van der Waals surface area (Å²) in [6.07, 6.45) is 0.736. The Morgan fingerprint density at radius 2 is 1.65 bits per heavy atom. The molecule has 4 aromatic rings. The summed E-state index contributed by atoms with van der Waals surface area (Å²) in [4.78, 5) is 20.9. The molecule has 0 radical (unpaired) electrons. The molecule has 0 saturated carbocycles. The quantitative estimate of drug-likeness (QED) is 0.359. The number of fused-ring (bicyclic) bond motifs is 1. The van der Waals surface area contributed by atoms with Crippen LogP contribution < -0.4 is 5.73 Å². The number of imidazole rings is 1. The number of rotatable bonds is 9. The first-order valence-electron chi connectivity index (χ1n) is 12.1. The zero-order valence-corrected chi connectivity index (χ0v) is 20.3. The van der Waals surface area contributed by atoms with Gasteiger partial charge in [0.1, 0.15) is 5.82 Å². The van der Waals surface area contributed by atoms with Crippen LogP contribution in [-0.4, -0.2) is 33.4 Å². The van der Waals surface area contributed by atoms with Gasteiger partial charge in [-0.05, 0) is 55.6 Å². The van der Waals surface area contributed by atoms with Gasteiger partial charge in [-0.1, -0.05) is 74.0 Å². The molecule has 2 N–H and O–H groups in total. The van der Waals surface area contributed by atoms with Gasteiger partial charge < -0.3 is 15.2 Å². The van der Waals surface area contributed by atoms with E-state index in [0.29, 0.717) is 25.2 Å². The molecule has 0 spiro atoms. The van der Waals surface area contributed by atoms with E-state index in [0.717, 1.165) is 28.8 Å². The second kappa shape index (κ2) is 10.7. The smallest absolute Gasteiger partial charge is 0.254 e. The Morgan fingerprint density at radius 1 is 0.971 bits per heavy atom. The minimum absolute atomic E-state index is 0.0190. The summed E-state index contributed by atoms with van der Waals surface area (Å²) in [7, 11) is 0. The SMILES string of the molecule is Cc1ccc(C(=O)N(CCCN)[C@H](c2nc3ccccc3n2Cc2ccccc2)C(C)C)cc1. The van der Waals surface area contributed by atoms with Crippen LogP contribution in [0.5, 0.6) is 0 Å². The summed E-state index contributed by atoms with van der Waals surface area (Å²) in [5.74, 6) is 1.10. The van der Waals surface area contributed by atoms with Crippen LogP contribution in [0.25, 0.3) is 11.0 Å². The normalized spacial score (nSPS) is 12.3. The predicted molar refractivity (Wildman–Crippen MR) is 139 cm³/mol. The second-order valence-electron chi connectivity index (χ2n) is 9.23. The third-order valence-electron chi connectivity index (χ3n) is 6.26. The van der Waals surface area contributed by atoms with Crippen LogP contribution in [0, 0.1) is 12.8 Å². The molecular formula is C29H34N4O. The van der Waals surface area contributed by atoms with Gasteiger partial charge in [0.05, 0.1) is 17.1 Å². The molecule has 5 heteroatoms. The number of para-hydroxylation sites is 2. The number of hydrogen-bond acceptors (Lipinski definition) is 3. The fraction of sp³-hybridized carbons (Fsp3) is 0.310. The van der Waals surface area contributed by atoms with Gasteiger partial charge in [0.15, 0.2) is 0 Å². The molecule has 0 bridgehead atoms. The van der Waals surface area contributed by atoms with E-state index in [4.69, 9.17) is 10.7 Å². The Hall–Kier alpha value is -3.44. The highest BCUT2D eigenvalue weighted by atomic mass is 16.2. The van der Waals surface area contributed by atoms with Crippen LogP contribution in [0.2, 0.25) is 0 Å². The molecule has 4 rings (SSSR count). The molecule has 34 heavy (non-hydrogen) atoms. The summed E-state index contributed by atoms with van der Waals surface area (Å²) < 4.78 is 2.27. The molecule has 1 heterocycles. The first-order chi connectivity index (χ1) is 16.5. The molecule has 176 valence electrons. The lowest BCUT2D eigenvalue weighted by atomic mass is 9.99. The summed E-state index contributed by atoms with van der Waals surface area (Å²) in [6.45, 7) is 8.17. The highest BCUT2D eigenvalue weighted by molar-refractivity contribution is 5.94. The highest BCUT2D eigenvalue weighted by Crippen LogP contribution is 2.33. The van der Waals surface area contributed by atoms with Crippen LogP contribution in [0.3, 0.4) is 0 Å². The zero-order chi connectivity index (χ0) is 24.1. The molecule has 0 aliphatic rings. The third-order valence-corrected chi connectivity index (χ3v) is 6.26. The number of benzene rings is 3. The fourth-order valence-electron chi connectivity index (χ4n) is 4.54. The monoisotopic (exact) mass is 454 g/mol. The Bertz CT molecular complexity index is 1230. The summed E-state index contributed by atoms with van der Waals surface area (Å²) in [5.41, 5.74) is 10.9. The molecule has 1 aromatic heterocycles. The number of nitrogens with zero attached hydrogens (tertiary/aromatic N) is 3. The number of hydrogen-bond donors (Lipinski definition) is 1. The number of amides is 1. The fourth-order valence-corrected chi connectivity index (χ4v) is 4.54. The maximum absolute atomic E-state index is 13.8. The molecule has 1 atom stereocenters. The van der Waals surface area contributed by atoms with Gasteiger partial charge in [-0.15, -0.1) is 0 Å². The van der Waals surface area contributed by atoms with Gasteiger partial charge in [-0.2, -0.15) is 0 Å². The van der Waals surface area contributed by atoms with Crippen molar-refractivity contribution in [3.05, 3.63) is 101 Å². The van der Waals surface area contributed by atoms with Crippen molar-refractivity contribution in [2.75, 3.05) is 13.1 Å². The average molecular weight is 455 g/mol. The van der Waals surface area contributed by atoms with Crippen LogP contribution in [0.4, 0.5) is 0 Å². The van der Waals surface area contributed by atoms with Gasteiger partial charge in [0, 0.05) is 18.7 Å². The van der Waals surface area contributed by atoms with E-state index in [-0.39, 0.29) is 17.9 Å². The van der Waals surface area contributed by atoms with Gasteiger partial charge in [0.2, 0.25) is 0 Å². The van der Waals surface area contributed by atoms with Crippen LogP contribution in [0.1, 0.15) is 53.6 Å². The Kier molecular flexibility index (Phi) is 7.43. The lowest BCUT2D eigenvalue weighted by molar-refractivity contribution is 0.0605. The van der Waals surface area contributed by atoms with E-state index in [9.17, 15) is 4.79 Å². The summed E-state index contributed by atoms with van der Waals surface area (Å²) >= 11 is 0. The van der Waals surface area contributed by atoms with E-state index in [1.54, 1.807) is 0 Å². The molecule has 0 aliphatic carbocycles. The van der Waals surface area contributed by atoms with Crippen LogP contribution >= 0.6 is 0 Å². The zero-order valence-electron chi connectivity index (χ0n) is 20.3. The van der Waals surface area contributed by atoms with E-state index < -0.39 is 0 Å². The Balaban J connectivity index is 1.83. The van der Waals surface area contributed by atoms with Crippen molar-refractivity contribution in [3.63, 3.8) is 0 Å². The maximum Gasteiger partial charge on any atom is 0.254 e. The number of aryl methyl sites for hydroxylation is 1. The van der Waals surface area contributed by atoms with Gasteiger partial charge in [0.25, 0.3) is 5.91 Å². The number of carbonyl (C=O) groups is 1. The maximum atomic E-state index is 13.8. The van der Waals surface area contributed by atoms with Crippen molar-refractivity contribution >= 4 is 16.9 Å². The van der Waals surface area contributed by atoms with Crippen molar-refractivity contribution in [2.45, 2.75) is 39.8 Å². The van der Waals surface area contributed by atoms with Gasteiger partial charge in [-0.3, -0.25) is 4.79 Å². The largest absolute Gasteiger partial charge is 0.330 e. The van der Waals surface area contributed by atoms with E-state index in [1.165, 1.54) is 5.56 Å². The second-order valence-corrected chi connectivity index (χ2v) is 9.23. The van der Waals surface area contributed by atoms with E-state index >= 15 is 0 Å². The molecule has 5 nitrogen and oxygen atoms in total. The molecule has 0 fully saturated rings. The van der Waals surface area contributed by atoms with E-state index in [1.807, 2.05) is 60.4 Å². The first kappa shape index (κ1) is 23.7. The Labute approximate surface area is 202 Å². The molecule has 0 saturated heterocycles. The lowest BCUT2D eigenvalue weighted by Gasteiger charge is -2.34. The van der Waals surface area contributed by atoms with Gasteiger partial charge >= 0.3 is 0 Å². The number of nitrogens with two attached hydrogens (primary N) is 1. The van der Waals surface area contributed by atoms with Crippen molar-refractivity contribution in [3.8, 4) is 0 Å². The molecule has 0 aliphatic heterocycles. The Morgan fingerprint density at radius 3 is 2.32 bits per heavy atom.